The predicted molar refractivity (Wildman–Crippen MR) is 101 cm³/mol. The molecule has 1 aromatic carbocycles. The highest BCUT2D eigenvalue weighted by atomic mass is 16.5. The van der Waals surface area contributed by atoms with E-state index in [2.05, 4.69) is 22.0 Å². The second-order valence-corrected chi connectivity index (χ2v) is 7.31. The lowest BCUT2D eigenvalue weighted by Gasteiger charge is -2.17. The van der Waals surface area contributed by atoms with Crippen molar-refractivity contribution in [3.63, 3.8) is 0 Å². The average molecular weight is 362 g/mol. The zero-order valence-electron chi connectivity index (χ0n) is 15.7. The number of aromatic nitrogens is 3. The molecule has 0 bridgehead atoms. The first-order valence-electron chi connectivity index (χ1n) is 9.13. The van der Waals surface area contributed by atoms with Gasteiger partial charge in [-0.1, -0.05) is 29.8 Å². The smallest absolute Gasteiger partial charge is 0.254 e. The normalized spacial score (nSPS) is 19.4. The highest BCUT2D eigenvalue weighted by Crippen LogP contribution is 2.33. The Labute approximate surface area is 158 Å². The topological polar surface area (TPSA) is 72.1 Å². The van der Waals surface area contributed by atoms with Gasteiger partial charge in [0.1, 0.15) is 0 Å². The molecule has 1 amide bonds. The van der Waals surface area contributed by atoms with E-state index in [1.54, 1.807) is 12.4 Å². The van der Waals surface area contributed by atoms with Crippen LogP contribution >= 0.6 is 0 Å². The van der Waals surface area contributed by atoms with Gasteiger partial charge in [-0.25, -0.2) is 0 Å². The second-order valence-electron chi connectivity index (χ2n) is 7.31. The van der Waals surface area contributed by atoms with E-state index in [1.807, 2.05) is 49.1 Å². The third-order valence-electron chi connectivity index (χ3n) is 5.20. The molecule has 3 aromatic rings. The fraction of sp³-hybridized carbons (Fsp3) is 0.333. The first-order chi connectivity index (χ1) is 13.0. The Bertz CT molecular complexity index is 967. The van der Waals surface area contributed by atoms with Gasteiger partial charge in [-0.15, -0.1) is 0 Å². The summed E-state index contributed by atoms with van der Waals surface area (Å²) in [4.78, 5) is 23.6. The zero-order valence-corrected chi connectivity index (χ0v) is 15.7. The minimum absolute atomic E-state index is 0.0389. The first-order valence-corrected chi connectivity index (χ1v) is 9.13. The van der Waals surface area contributed by atoms with Crippen molar-refractivity contribution in [1.82, 2.24) is 20.0 Å². The van der Waals surface area contributed by atoms with Crippen molar-refractivity contribution < 1.29 is 9.32 Å². The molecule has 138 valence electrons. The fourth-order valence-electron chi connectivity index (χ4n) is 3.59. The molecular formula is C21H22N4O2. The summed E-state index contributed by atoms with van der Waals surface area (Å²) in [5.41, 5.74) is 3.68. The number of hydrogen-bond acceptors (Lipinski definition) is 5. The quantitative estimate of drug-likeness (QED) is 0.711. The number of rotatable bonds is 3. The maximum absolute atomic E-state index is 13.0. The summed E-state index contributed by atoms with van der Waals surface area (Å²) < 4.78 is 5.52. The molecule has 27 heavy (non-hydrogen) atoms. The average Bonchev–Trinajstić information content (AvgIpc) is 3.30. The molecule has 6 heteroatoms. The van der Waals surface area contributed by atoms with Crippen molar-refractivity contribution in [3.8, 4) is 11.4 Å². The van der Waals surface area contributed by atoms with Crippen molar-refractivity contribution >= 4 is 5.91 Å². The summed E-state index contributed by atoms with van der Waals surface area (Å²) in [5.74, 6) is 1.47. The Balaban J connectivity index is 1.54. The van der Waals surface area contributed by atoms with Crippen LogP contribution in [0.3, 0.4) is 0 Å². The molecule has 1 aliphatic heterocycles. The van der Waals surface area contributed by atoms with Gasteiger partial charge >= 0.3 is 0 Å². The highest BCUT2D eigenvalue weighted by molar-refractivity contribution is 5.96. The van der Waals surface area contributed by atoms with Gasteiger partial charge < -0.3 is 9.42 Å². The molecule has 6 nitrogen and oxygen atoms in total. The van der Waals surface area contributed by atoms with Crippen molar-refractivity contribution in [2.75, 3.05) is 13.1 Å². The molecule has 3 heterocycles. The van der Waals surface area contributed by atoms with Crippen LogP contribution in [0.4, 0.5) is 0 Å². The second kappa shape index (κ2) is 6.95. The predicted octanol–water partition coefficient (Wildman–Crippen LogP) is 3.62. The Morgan fingerprint density at radius 2 is 2.07 bits per heavy atom. The number of benzene rings is 1. The van der Waals surface area contributed by atoms with Gasteiger partial charge in [-0.2, -0.15) is 4.98 Å². The zero-order chi connectivity index (χ0) is 19.0. The van der Waals surface area contributed by atoms with E-state index in [9.17, 15) is 4.79 Å². The summed E-state index contributed by atoms with van der Waals surface area (Å²) in [6.45, 7) is 7.37. The van der Waals surface area contributed by atoms with E-state index in [4.69, 9.17) is 4.52 Å². The van der Waals surface area contributed by atoms with Crippen LogP contribution < -0.4 is 0 Å². The van der Waals surface area contributed by atoms with E-state index in [0.717, 1.165) is 22.3 Å². The van der Waals surface area contributed by atoms with Gasteiger partial charge in [0.25, 0.3) is 5.91 Å². The highest BCUT2D eigenvalue weighted by Gasteiger charge is 2.37. The van der Waals surface area contributed by atoms with E-state index < -0.39 is 0 Å². The molecule has 1 aliphatic rings. The van der Waals surface area contributed by atoms with Gasteiger partial charge in [0.05, 0.1) is 5.92 Å². The molecule has 0 saturated carbocycles. The molecule has 0 radical (unpaired) electrons. The summed E-state index contributed by atoms with van der Waals surface area (Å²) in [5, 5.41) is 4.09. The van der Waals surface area contributed by atoms with Crippen LogP contribution in [0, 0.1) is 19.8 Å². The number of nitrogens with zero attached hydrogens (tertiary/aromatic N) is 4. The van der Waals surface area contributed by atoms with Crippen LogP contribution in [-0.2, 0) is 0 Å². The molecule has 0 N–H and O–H groups in total. The lowest BCUT2D eigenvalue weighted by molar-refractivity contribution is 0.0785. The Kier molecular flexibility index (Phi) is 4.48. The van der Waals surface area contributed by atoms with Crippen LogP contribution in [0.5, 0.6) is 0 Å². The maximum atomic E-state index is 13.0. The number of likely N-dealkylation sites (tertiary alicyclic amines) is 1. The molecule has 2 unspecified atom stereocenters. The van der Waals surface area contributed by atoms with Crippen molar-refractivity contribution in [3.05, 3.63) is 65.3 Å². The summed E-state index contributed by atoms with van der Waals surface area (Å²) in [6.07, 6.45) is 3.42. The number of aryl methyl sites for hydroxylation is 2. The lowest BCUT2D eigenvalue weighted by Crippen LogP contribution is -2.29. The molecular weight excluding hydrogens is 340 g/mol. The van der Waals surface area contributed by atoms with Crippen LogP contribution in [0.2, 0.25) is 0 Å². The number of carbonyl (C=O) groups is 1. The number of hydrogen-bond donors (Lipinski definition) is 0. The van der Waals surface area contributed by atoms with Crippen molar-refractivity contribution in [2.45, 2.75) is 26.7 Å². The Morgan fingerprint density at radius 1 is 1.22 bits per heavy atom. The van der Waals surface area contributed by atoms with Gasteiger partial charge in [-0.05, 0) is 43.5 Å². The van der Waals surface area contributed by atoms with E-state index >= 15 is 0 Å². The standard InChI is InChI=1S/C21H22N4O2/c1-13-6-7-14(2)17(9-13)21(26)25-11-15(3)18(12-25)20-23-19(24-27-20)16-5-4-8-22-10-16/h4-10,15,18H,11-12H2,1-3H3. The summed E-state index contributed by atoms with van der Waals surface area (Å²) in [7, 11) is 0. The molecule has 1 saturated heterocycles. The largest absolute Gasteiger partial charge is 0.339 e. The lowest BCUT2D eigenvalue weighted by atomic mass is 9.98. The maximum Gasteiger partial charge on any atom is 0.254 e. The Hall–Kier alpha value is -3.02. The van der Waals surface area contributed by atoms with Gasteiger partial charge in [-0.3, -0.25) is 9.78 Å². The fourth-order valence-corrected chi connectivity index (χ4v) is 3.59. The SMILES string of the molecule is Cc1ccc(C)c(C(=O)N2CC(C)C(c3nc(-c4cccnc4)no3)C2)c1. The minimum Gasteiger partial charge on any atom is -0.339 e. The van der Waals surface area contributed by atoms with E-state index in [1.165, 1.54) is 0 Å². The van der Waals surface area contributed by atoms with Crippen molar-refractivity contribution in [2.24, 2.45) is 5.92 Å². The minimum atomic E-state index is 0.0389. The van der Waals surface area contributed by atoms with Gasteiger partial charge in [0, 0.05) is 36.6 Å². The number of amides is 1. The Morgan fingerprint density at radius 3 is 2.85 bits per heavy atom. The third kappa shape index (κ3) is 3.35. The molecule has 1 fully saturated rings. The van der Waals surface area contributed by atoms with Crippen LogP contribution in [0.15, 0.2) is 47.2 Å². The molecule has 2 atom stereocenters. The molecule has 4 rings (SSSR count). The first kappa shape index (κ1) is 17.4. The molecule has 0 aliphatic carbocycles. The molecule has 0 spiro atoms. The van der Waals surface area contributed by atoms with Gasteiger partial charge in [0.2, 0.25) is 11.7 Å². The number of pyridine rings is 1. The van der Waals surface area contributed by atoms with E-state index in [-0.39, 0.29) is 17.7 Å². The van der Waals surface area contributed by atoms with Crippen LogP contribution in [0.1, 0.15) is 40.2 Å². The number of carbonyl (C=O) groups excluding carboxylic acids is 1. The van der Waals surface area contributed by atoms with Crippen LogP contribution in [-0.4, -0.2) is 39.0 Å². The van der Waals surface area contributed by atoms with Crippen LogP contribution in [0.25, 0.3) is 11.4 Å². The van der Waals surface area contributed by atoms with E-state index in [0.29, 0.717) is 24.8 Å². The van der Waals surface area contributed by atoms with Gasteiger partial charge in [0.15, 0.2) is 0 Å². The molecule has 2 aromatic heterocycles. The summed E-state index contributed by atoms with van der Waals surface area (Å²) >= 11 is 0. The monoisotopic (exact) mass is 362 g/mol. The summed E-state index contributed by atoms with van der Waals surface area (Å²) in [6, 6.07) is 9.73. The van der Waals surface area contributed by atoms with Crippen molar-refractivity contribution in [1.29, 1.82) is 0 Å². The third-order valence-corrected chi connectivity index (χ3v) is 5.20.